The summed E-state index contributed by atoms with van der Waals surface area (Å²) in [4.78, 5) is 32.6. The zero-order chi connectivity index (χ0) is 29.2. The van der Waals surface area contributed by atoms with Crippen LogP contribution in [-0.4, -0.2) is 65.7 Å². The molecule has 0 aromatic carbocycles. The van der Waals surface area contributed by atoms with Crippen molar-refractivity contribution in [2.24, 2.45) is 0 Å². The van der Waals surface area contributed by atoms with Gasteiger partial charge in [0.2, 0.25) is 0 Å². The van der Waals surface area contributed by atoms with Crippen molar-refractivity contribution in [3.8, 4) is 0 Å². The lowest BCUT2D eigenvalue weighted by Gasteiger charge is -2.19. The first-order valence-corrected chi connectivity index (χ1v) is 14.7. The Bertz CT molecular complexity index is 847. The van der Waals surface area contributed by atoms with Crippen molar-refractivity contribution in [3.05, 3.63) is 60.8 Å². The minimum Gasteiger partial charge on any atom is -0.458 e. The Balaban J connectivity index is 4.03. The number of esters is 2. The molecular formula is C28H45O10P. The van der Waals surface area contributed by atoms with Crippen molar-refractivity contribution < 1.29 is 47.8 Å². The van der Waals surface area contributed by atoms with Crippen molar-refractivity contribution in [1.29, 1.82) is 0 Å². The summed E-state index contributed by atoms with van der Waals surface area (Å²) in [5.74, 6) is -1.27. The third-order valence-corrected chi connectivity index (χ3v) is 5.75. The summed E-state index contributed by atoms with van der Waals surface area (Å²) in [6.07, 6.45) is 24.8. The molecule has 222 valence electrons. The van der Waals surface area contributed by atoms with Crippen molar-refractivity contribution in [1.82, 2.24) is 0 Å². The van der Waals surface area contributed by atoms with Gasteiger partial charge in [-0.25, -0.2) is 4.57 Å². The molecule has 0 bridgehead atoms. The Labute approximate surface area is 232 Å². The van der Waals surface area contributed by atoms with E-state index in [1.165, 1.54) is 0 Å². The molecule has 0 spiro atoms. The molecule has 0 aliphatic heterocycles. The maximum atomic E-state index is 12.0. The van der Waals surface area contributed by atoms with Gasteiger partial charge in [-0.3, -0.25) is 18.6 Å². The van der Waals surface area contributed by atoms with Crippen LogP contribution in [0.4, 0.5) is 0 Å². The van der Waals surface area contributed by atoms with E-state index in [1.807, 2.05) is 12.2 Å². The minimum absolute atomic E-state index is 0.110. The zero-order valence-corrected chi connectivity index (χ0v) is 24.0. The van der Waals surface area contributed by atoms with Gasteiger partial charge in [-0.1, -0.05) is 67.7 Å². The summed E-state index contributed by atoms with van der Waals surface area (Å²) < 4.78 is 31.0. The highest BCUT2D eigenvalue weighted by molar-refractivity contribution is 7.47. The van der Waals surface area contributed by atoms with Gasteiger partial charge in [0.1, 0.15) is 12.2 Å². The van der Waals surface area contributed by atoms with Gasteiger partial charge >= 0.3 is 19.8 Å². The number of unbranched alkanes of at least 4 members (excludes halogenated alkanes) is 1. The van der Waals surface area contributed by atoms with Gasteiger partial charge in [0, 0.05) is 13.3 Å². The van der Waals surface area contributed by atoms with Gasteiger partial charge in [0.25, 0.3) is 0 Å². The highest BCUT2D eigenvalue weighted by Crippen LogP contribution is 2.43. The average molecular weight is 573 g/mol. The summed E-state index contributed by atoms with van der Waals surface area (Å²) in [6, 6.07) is 0. The molecule has 10 nitrogen and oxygen atoms in total. The highest BCUT2D eigenvalue weighted by Gasteiger charge is 2.27. The average Bonchev–Trinajstić information content (AvgIpc) is 2.90. The van der Waals surface area contributed by atoms with Gasteiger partial charge in [-0.15, -0.1) is 0 Å². The molecule has 3 unspecified atom stereocenters. The summed E-state index contributed by atoms with van der Waals surface area (Å²) >= 11 is 0. The Morgan fingerprint density at radius 2 is 1.18 bits per heavy atom. The summed E-state index contributed by atoms with van der Waals surface area (Å²) in [6.45, 7) is 0.840. The normalized spacial score (nSPS) is 15.5. The summed E-state index contributed by atoms with van der Waals surface area (Å²) in [5, 5.41) is 18.4. The Kier molecular flexibility index (Phi) is 23.2. The van der Waals surface area contributed by atoms with Crippen molar-refractivity contribution in [2.45, 2.75) is 77.4 Å². The van der Waals surface area contributed by atoms with E-state index < -0.39 is 58.4 Å². The smallest absolute Gasteiger partial charge is 0.458 e. The second-order valence-electron chi connectivity index (χ2n) is 8.37. The van der Waals surface area contributed by atoms with E-state index >= 15 is 0 Å². The number of phosphoric ester groups is 1. The van der Waals surface area contributed by atoms with Gasteiger partial charge in [0.05, 0.1) is 26.4 Å². The van der Waals surface area contributed by atoms with Crippen LogP contribution in [0.2, 0.25) is 0 Å². The maximum Gasteiger partial charge on any atom is 0.472 e. The molecule has 0 saturated heterocycles. The first-order chi connectivity index (χ1) is 18.7. The van der Waals surface area contributed by atoms with E-state index in [9.17, 15) is 24.2 Å². The van der Waals surface area contributed by atoms with Gasteiger partial charge < -0.3 is 24.6 Å². The van der Waals surface area contributed by atoms with Gasteiger partial charge in [-0.2, -0.15) is 0 Å². The number of carbonyl (C=O) groups excluding carboxylic acids is 2. The third-order valence-electron chi connectivity index (χ3n) is 4.79. The quantitative estimate of drug-likeness (QED) is 0.0670. The topological polar surface area (TPSA) is 149 Å². The number of hydrogen-bond donors (Lipinski definition) is 3. The second kappa shape index (κ2) is 24.7. The lowest BCUT2D eigenvalue weighted by molar-refractivity contribution is -0.153. The molecule has 0 radical (unpaired) electrons. The lowest BCUT2D eigenvalue weighted by Crippen LogP contribution is -2.28. The predicted molar refractivity (Wildman–Crippen MR) is 150 cm³/mol. The molecule has 0 amide bonds. The molecule has 39 heavy (non-hydrogen) atoms. The van der Waals surface area contributed by atoms with Crippen molar-refractivity contribution in [3.63, 3.8) is 0 Å². The maximum absolute atomic E-state index is 12.0. The lowest BCUT2D eigenvalue weighted by atomic mass is 10.2. The number of rotatable bonds is 23. The van der Waals surface area contributed by atoms with E-state index in [0.29, 0.717) is 12.8 Å². The second-order valence-corrected chi connectivity index (χ2v) is 9.82. The molecule has 11 heteroatoms. The van der Waals surface area contributed by atoms with E-state index in [2.05, 4.69) is 64.8 Å². The minimum atomic E-state index is -4.60. The van der Waals surface area contributed by atoms with Crippen LogP contribution >= 0.6 is 7.82 Å². The van der Waals surface area contributed by atoms with Crippen LogP contribution in [0.5, 0.6) is 0 Å². The molecule has 0 fully saturated rings. The predicted octanol–water partition coefficient (Wildman–Crippen LogP) is 4.87. The van der Waals surface area contributed by atoms with Crippen LogP contribution in [0.1, 0.15) is 65.2 Å². The zero-order valence-electron chi connectivity index (χ0n) is 23.1. The fourth-order valence-corrected chi connectivity index (χ4v) is 3.64. The van der Waals surface area contributed by atoms with Crippen LogP contribution in [0.25, 0.3) is 0 Å². The van der Waals surface area contributed by atoms with Crippen LogP contribution in [0, 0.1) is 0 Å². The largest absolute Gasteiger partial charge is 0.472 e. The third kappa shape index (κ3) is 24.4. The number of aliphatic hydroxyl groups excluding tert-OH is 2. The number of ether oxygens (including phenoxy) is 2. The van der Waals surface area contributed by atoms with E-state index in [0.717, 1.165) is 39.0 Å². The molecule has 3 atom stereocenters. The van der Waals surface area contributed by atoms with Gasteiger partial charge in [0.15, 0.2) is 0 Å². The molecular weight excluding hydrogens is 527 g/mol. The Hall–Kier alpha value is -2.33. The standard InChI is InChI=1S/C28H45O10P/c1-3-4-5-6-7-8-9-10-11-12-13-14-15-16-17-18-19-20-28(32)38-27(22-30)24-36-39(33,34)35-23-26(21-29)37-25(2)31/h4-5,7-8,10-11,13-14,16-17,26-27,29-30H,3,6,9,12,15,18-24H2,1-2H3,(H,33,34)/b5-4-,8-7-,11-10-,14-13-,17-16-. The first kappa shape index (κ1) is 36.7. The van der Waals surface area contributed by atoms with Crippen LogP contribution < -0.4 is 0 Å². The van der Waals surface area contributed by atoms with E-state index in [4.69, 9.17) is 14.4 Å². The number of allylic oxidation sites excluding steroid dienone is 10. The molecule has 3 N–H and O–H groups in total. The van der Waals surface area contributed by atoms with Crippen molar-refractivity contribution in [2.75, 3.05) is 26.4 Å². The first-order valence-electron chi connectivity index (χ1n) is 13.2. The van der Waals surface area contributed by atoms with E-state index in [1.54, 1.807) is 0 Å². The van der Waals surface area contributed by atoms with Crippen LogP contribution in [0.15, 0.2) is 60.8 Å². The molecule has 0 heterocycles. The molecule has 0 saturated carbocycles. The molecule has 0 aromatic heterocycles. The van der Waals surface area contributed by atoms with Crippen LogP contribution in [-0.2, 0) is 32.7 Å². The SMILES string of the molecule is CC/C=C\C/C=C\C/C=C\C/C=C\C/C=C\CCCC(=O)OC(CO)COP(=O)(O)OCC(CO)OC(C)=O. The number of phosphoric acid groups is 1. The van der Waals surface area contributed by atoms with Crippen molar-refractivity contribution >= 4 is 19.8 Å². The fraction of sp³-hybridized carbons (Fsp3) is 0.571. The number of aliphatic hydroxyl groups is 2. The molecule has 0 aliphatic carbocycles. The van der Waals surface area contributed by atoms with Gasteiger partial charge in [-0.05, 0) is 44.9 Å². The Morgan fingerprint density at radius 1 is 0.744 bits per heavy atom. The Morgan fingerprint density at radius 3 is 1.62 bits per heavy atom. The highest BCUT2D eigenvalue weighted by atomic mass is 31.2. The molecule has 0 aromatic rings. The summed E-state index contributed by atoms with van der Waals surface area (Å²) in [5.41, 5.74) is 0. The number of carbonyl (C=O) groups is 2. The summed E-state index contributed by atoms with van der Waals surface area (Å²) in [7, 11) is -4.60. The monoisotopic (exact) mass is 572 g/mol. The number of hydrogen-bond acceptors (Lipinski definition) is 9. The molecule has 0 aliphatic rings. The molecule has 0 rings (SSSR count). The van der Waals surface area contributed by atoms with Crippen LogP contribution in [0.3, 0.4) is 0 Å². The fourth-order valence-electron chi connectivity index (χ4n) is 2.85. The van der Waals surface area contributed by atoms with E-state index in [-0.39, 0.29) is 6.42 Å².